The normalized spacial score (nSPS) is 14.1. The number of nitrogens with two attached hydrogens (primary N) is 1. The molecular formula is C14H18N2O2S. The molecule has 2 unspecified atom stereocenters. The van der Waals surface area contributed by atoms with Crippen LogP contribution in [0.15, 0.2) is 40.2 Å². The van der Waals surface area contributed by atoms with Crippen LogP contribution in [-0.4, -0.2) is 18.1 Å². The van der Waals surface area contributed by atoms with Crippen LogP contribution in [0.4, 0.5) is 0 Å². The predicted molar refractivity (Wildman–Crippen MR) is 76.5 cm³/mol. The number of para-hydroxylation sites is 1. The summed E-state index contributed by atoms with van der Waals surface area (Å²) in [5.41, 5.74) is 8.02. The first-order valence-corrected chi connectivity index (χ1v) is 6.97. The number of aryl methyl sites for hydroxylation is 1. The Kier molecular flexibility index (Phi) is 4.50. The lowest BCUT2D eigenvalue weighted by Gasteiger charge is -2.21. The molecule has 0 saturated heterocycles. The standard InChI is InChI=1S/C14H18N2O2S/c1-9-8-18-14(16-9)19-13(10(2)15)11-6-4-5-7-12(11)17-3/h4-8,10,13H,15H2,1-3H3. The highest BCUT2D eigenvalue weighted by Gasteiger charge is 2.23. The smallest absolute Gasteiger partial charge is 0.256 e. The number of aromatic nitrogens is 1. The quantitative estimate of drug-likeness (QED) is 0.851. The maximum atomic E-state index is 6.10. The number of benzene rings is 1. The molecule has 0 aliphatic carbocycles. The molecule has 0 radical (unpaired) electrons. The van der Waals surface area contributed by atoms with E-state index < -0.39 is 0 Å². The van der Waals surface area contributed by atoms with Crippen LogP contribution in [-0.2, 0) is 0 Å². The molecule has 1 aromatic heterocycles. The van der Waals surface area contributed by atoms with Gasteiger partial charge in [-0.3, -0.25) is 0 Å². The first-order chi connectivity index (χ1) is 9.11. The zero-order chi connectivity index (χ0) is 13.8. The van der Waals surface area contributed by atoms with Crippen LogP contribution < -0.4 is 10.5 Å². The Morgan fingerprint density at radius 3 is 2.68 bits per heavy atom. The number of ether oxygens (including phenoxy) is 1. The van der Waals surface area contributed by atoms with Gasteiger partial charge < -0.3 is 14.9 Å². The fraction of sp³-hybridized carbons (Fsp3) is 0.357. The number of nitrogens with zero attached hydrogens (tertiary/aromatic N) is 1. The fourth-order valence-electron chi connectivity index (χ4n) is 1.85. The second-order valence-electron chi connectivity index (χ2n) is 4.39. The van der Waals surface area contributed by atoms with Crippen molar-refractivity contribution in [1.29, 1.82) is 0 Å². The second-order valence-corrected chi connectivity index (χ2v) is 5.49. The molecule has 2 N–H and O–H groups in total. The molecule has 0 aliphatic rings. The molecule has 0 bridgehead atoms. The number of oxazole rings is 1. The van der Waals surface area contributed by atoms with Crippen LogP contribution in [0.1, 0.15) is 23.4 Å². The number of hydrogen-bond donors (Lipinski definition) is 1. The van der Waals surface area contributed by atoms with Gasteiger partial charge in [0.1, 0.15) is 12.0 Å². The highest BCUT2D eigenvalue weighted by atomic mass is 32.2. The summed E-state index contributed by atoms with van der Waals surface area (Å²) in [5.74, 6) is 0.834. The number of rotatable bonds is 5. The molecule has 2 rings (SSSR count). The second kappa shape index (κ2) is 6.12. The lowest BCUT2D eigenvalue weighted by molar-refractivity contribution is 0.407. The molecular weight excluding hydrogens is 260 g/mol. The number of thioether (sulfide) groups is 1. The van der Waals surface area contributed by atoms with Gasteiger partial charge in [-0.05, 0) is 19.9 Å². The van der Waals surface area contributed by atoms with Crippen molar-refractivity contribution >= 4 is 11.8 Å². The number of methoxy groups -OCH3 is 1. The van der Waals surface area contributed by atoms with Gasteiger partial charge in [0.2, 0.25) is 0 Å². The lowest BCUT2D eigenvalue weighted by Crippen LogP contribution is -2.23. The highest BCUT2D eigenvalue weighted by molar-refractivity contribution is 7.99. The van der Waals surface area contributed by atoms with Crippen LogP contribution >= 0.6 is 11.8 Å². The van der Waals surface area contributed by atoms with E-state index in [2.05, 4.69) is 4.98 Å². The van der Waals surface area contributed by atoms with Crippen LogP contribution in [0.3, 0.4) is 0 Å². The van der Waals surface area contributed by atoms with E-state index in [0.717, 1.165) is 17.0 Å². The van der Waals surface area contributed by atoms with Crippen LogP contribution in [0.5, 0.6) is 5.75 Å². The molecule has 2 aromatic rings. The van der Waals surface area contributed by atoms with Gasteiger partial charge in [0, 0.05) is 11.6 Å². The maximum absolute atomic E-state index is 6.10. The Morgan fingerprint density at radius 2 is 2.11 bits per heavy atom. The van der Waals surface area contributed by atoms with E-state index in [-0.39, 0.29) is 11.3 Å². The SMILES string of the molecule is COc1ccccc1C(Sc1nc(C)co1)C(C)N. The van der Waals surface area contributed by atoms with E-state index >= 15 is 0 Å². The third kappa shape index (κ3) is 3.30. The molecule has 1 aromatic carbocycles. The minimum atomic E-state index is -0.0477. The zero-order valence-corrected chi connectivity index (χ0v) is 12.1. The molecule has 5 heteroatoms. The number of hydrogen-bond acceptors (Lipinski definition) is 5. The first-order valence-electron chi connectivity index (χ1n) is 6.09. The van der Waals surface area contributed by atoms with Gasteiger partial charge >= 0.3 is 0 Å². The summed E-state index contributed by atoms with van der Waals surface area (Å²) in [6.07, 6.45) is 1.64. The Labute approximate surface area is 117 Å². The molecule has 2 atom stereocenters. The van der Waals surface area contributed by atoms with E-state index in [4.69, 9.17) is 14.9 Å². The van der Waals surface area contributed by atoms with Gasteiger partial charge in [0.05, 0.1) is 18.1 Å². The molecule has 0 aliphatic heterocycles. The summed E-state index contributed by atoms with van der Waals surface area (Å²) in [4.78, 5) is 4.31. The third-order valence-electron chi connectivity index (χ3n) is 2.75. The molecule has 0 fully saturated rings. The van der Waals surface area contributed by atoms with E-state index in [0.29, 0.717) is 5.22 Å². The summed E-state index contributed by atoms with van der Waals surface area (Å²) >= 11 is 1.52. The molecule has 19 heavy (non-hydrogen) atoms. The van der Waals surface area contributed by atoms with Crippen molar-refractivity contribution in [2.24, 2.45) is 5.73 Å². The van der Waals surface area contributed by atoms with Crippen LogP contribution in [0, 0.1) is 6.92 Å². The summed E-state index contributed by atoms with van der Waals surface area (Å²) in [5, 5.41) is 0.667. The molecule has 0 saturated carbocycles. The molecule has 0 amide bonds. The third-order valence-corrected chi connectivity index (χ3v) is 4.08. The largest absolute Gasteiger partial charge is 0.496 e. The summed E-state index contributed by atoms with van der Waals surface area (Å²) < 4.78 is 10.8. The van der Waals surface area contributed by atoms with E-state index in [1.807, 2.05) is 38.1 Å². The van der Waals surface area contributed by atoms with Crippen molar-refractivity contribution in [2.45, 2.75) is 30.4 Å². The van der Waals surface area contributed by atoms with Gasteiger partial charge in [0.15, 0.2) is 0 Å². The van der Waals surface area contributed by atoms with Crippen molar-refractivity contribution in [3.05, 3.63) is 41.8 Å². The van der Waals surface area contributed by atoms with Crippen molar-refractivity contribution < 1.29 is 9.15 Å². The molecule has 102 valence electrons. The molecule has 0 spiro atoms. The van der Waals surface area contributed by atoms with E-state index in [9.17, 15) is 0 Å². The van der Waals surface area contributed by atoms with E-state index in [1.54, 1.807) is 13.4 Å². The van der Waals surface area contributed by atoms with E-state index in [1.165, 1.54) is 11.8 Å². The fourth-order valence-corrected chi connectivity index (χ4v) is 2.90. The lowest BCUT2D eigenvalue weighted by atomic mass is 10.1. The van der Waals surface area contributed by atoms with Gasteiger partial charge in [-0.15, -0.1) is 0 Å². The summed E-state index contributed by atoms with van der Waals surface area (Å²) in [6.45, 7) is 3.87. The maximum Gasteiger partial charge on any atom is 0.256 e. The van der Waals surface area contributed by atoms with Crippen molar-refractivity contribution in [3.63, 3.8) is 0 Å². The topological polar surface area (TPSA) is 61.3 Å². The van der Waals surface area contributed by atoms with Gasteiger partial charge in [-0.1, -0.05) is 30.0 Å². The minimum Gasteiger partial charge on any atom is -0.496 e. The van der Waals surface area contributed by atoms with Crippen LogP contribution in [0.2, 0.25) is 0 Å². The van der Waals surface area contributed by atoms with Crippen molar-refractivity contribution in [1.82, 2.24) is 4.98 Å². The molecule has 4 nitrogen and oxygen atoms in total. The Bertz CT molecular complexity index is 540. The monoisotopic (exact) mass is 278 g/mol. The first kappa shape index (κ1) is 14.0. The van der Waals surface area contributed by atoms with Crippen LogP contribution in [0.25, 0.3) is 0 Å². The van der Waals surface area contributed by atoms with Gasteiger partial charge in [-0.25, -0.2) is 4.98 Å². The summed E-state index contributed by atoms with van der Waals surface area (Å²) in [6, 6.07) is 7.84. The Hall–Kier alpha value is -1.46. The average molecular weight is 278 g/mol. The Balaban J connectivity index is 2.29. The minimum absolute atomic E-state index is 0.0363. The molecule has 1 heterocycles. The average Bonchev–Trinajstić information content (AvgIpc) is 2.81. The van der Waals surface area contributed by atoms with Crippen molar-refractivity contribution in [2.75, 3.05) is 7.11 Å². The summed E-state index contributed by atoms with van der Waals surface area (Å²) in [7, 11) is 1.66. The Morgan fingerprint density at radius 1 is 1.37 bits per heavy atom. The highest BCUT2D eigenvalue weighted by Crippen LogP contribution is 2.40. The van der Waals surface area contributed by atoms with Crippen molar-refractivity contribution in [3.8, 4) is 5.75 Å². The van der Waals surface area contributed by atoms with Gasteiger partial charge in [-0.2, -0.15) is 0 Å². The van der Waals surface area contributed by atoms with Gasteiger partial charge in [0.25, 0.3) is 5.22 Å². The zero-order valence-electron chi connectivity index (χ0n) is 11.3. The predicted octanol–water partition coefficient (Wildman–Crippen LogP) is 3.17.